The lowest BCUT2D eigenvalue weighted by atomic mass is 10.0. The van der Waals surface area contributed by atoms with Crippen LogP contribution >= 0.6 is 0 Å². The normalized spacial score (nSPS) is 13.9. The second kappa shape index (κ2) is 10.6. The molecule has 146 valence electrons. The SMILES string of the molecule is C=CC[C@@H](O[C@H](CCCCC)[Si](C)(C)F)c1ccc(-c2ccccc2)cc1. The van der Waals surface area contributed by atoms with Crippen molar-refractivity contribution in [3.05, 3.63) is 72.8 Å². The largest absolute Gasteiger partial charge is 0.370 e. The average molecular weight is 385 g/mol. The van der Waals surface area contributed by atoms with Crippen molar-refractivity contribution in [2.75, 3.05) is 0 Å². The number of hydrogen-bond acceptors (Lipinski definition) is 1. The Morgan fingerprint density at radius 2 is 1.63 bits per heavy atom. The molecule has 27 heavy (non-hydrogen) atoms. The van der Waals surface area contributed by atoms with E-state index in [9.17, 15) is 4.11 Å². The Balaban J connectivity index is 2.16. The Morgan fingerprint density at radius 1 is 1.00 bits per heavy atom. The summed E-state index contributed by atoms with van der Waals surface area (Å²) in [5.41, 5.74) is 3.19. The third-order valence-electron chi connectivity index (χ3n) is 4.93. The minimum absolute atomic E-state index is 0.138. The van der Waals surface area contributed by atoms with Crippen LogP contribution in [0, 0.1) is 0 Å². The van der Waals surface area contributed by atoms with E-state index in [1.807, 2.05) is 24.3 Å². The highest BCUT2D eigenvalue weighted by Crippen LogP contribution is 2.31. The van der Waals surface area contributed by atoms with Crippen molar-refractivity contribution in [3.8, 4) is 11.1 Å². The van der Waals surface area contributed by atoms with Gasteiger partial charge >= 0.3 is 0 Å². The van der Waals surface area contributed by atoms with Gasteiger partial charge in [0.1, 0.15) is 0 Å². The first kappa shape index (κ1) is 21.6. The average Bonchev–Trinajstić information content (AvgIpc) is 2.67. The third kappa shape index (κ3) is 6.75. The summed E-state index contributed by atoms with van der Waals surface area (Å²) in [5, 5.41) is 0. The van der Waals surface area contributed by atoms with Gasteiger partial charge in [0, 0.05) is 0 Å². The second-order valence-electron chi connectivity index (χ2n) is 7.69. The van der Waals surface area contributed by atoms with Crippen LogP contribution in [-0.4, -0.2) is 14.1 Å². The molecule has 0 bridgehead atoms. The van der Waals surface area contributed by atoms with Crippen molar-refractivity contribution in [2.24, 2.45) is 0 Å². The summed E-state index contributed by atoms with van der Waals surface area (Å²) in [5.74, 6) is 0. The molecule has 3 heteroatoms. The molecule has 0 saturated carbocycles. The van der Waals surface area contributed by atoms with Gasteiger partial charge in [0.15, 0.2) is 0 Å². The maximum atomic E-state index is 14.9. The van der Waals surface area contributed by atoms with E-state index in [0.29, 0.717) is 6.42 Å². The Morgan fingerprint density at radius 3 is 2.19 bits per heavy atom. The van der Waals surface area contributed by atoms with Crippen LogP contribution in [0.3, 0.4) is 0 Å². The smallest absolute Gasteiger partial charge is 0.269 e. The second-order valence-corrected chi connectivity index (χ2v) is 11.5. The van der Waals surface area contributed by atoms with Gasteiger partial charge in [-0.3, -0.25) is 0 Å². The van der Waals surface area contributed by atoms with E-state index in [1.54, 1.807) is 13.1 Å². The summed E-state index contributed by atoms with van der Waals surface area (Å²) >= 11 is 0. The molecule has 0 amide bonds. The first-order valence-electron chi connectivity index (χ1n) is 10.1. The van der Waals surface area contributed by atoms with Crippen molar-refractivity contribution >= 4 is 8.41 Å². The Bertz CT molecular complexity index is 676. The molecular formula is C24H33FOSi. The zero-order valence-electron chi connectivity index (χ0n) is 17.0. The molecule has 2 aromatic carbocycles. The van der Waals surface area contributed by atoms with E-state index in [1.165, 1.54) is 11.1 Å². The molecule has 2 aromatic rings. The summed E-state index contributed by atoms with van der Waals surface area (Å²) in [4.78, 5) is 0. The van der Waals surface area contributed by atoms with Gasteiger partial charge in [0.25, 0.3) is 8.41 Å². The topological polar surface area (TPSA) is 9.23 Å². The van der Waals surface area contributed by atoms with Crippen LogP contribution in [0.2, 0.25) is 13.1 Å². The molecular weight excluding hydrogens is 351 g/mol. The van der Waals surface area contributed by atoms with Crippen LogP contribution in [0.4, 0.5) is 4.11 Å². The molecule has 0 N–H and O–H groups in total. The molecule has 0 aliphatic carbocycles. The van der Waals surface area contributed by atoms with Crippen molar-refractivity contribution in [1.82, 2.24) is 0 Å². The molecule has 0 aromatic heterocycles. The van der Waals surface area contributed by atoms with Gasteiger partial charge in [-0.05, 0) is 42.6 Å². The van der Waals surface area contributed by atoms with E-state index in [0.717, 1.165) is 31.2 Å². The van der Waals surface area contributed by atoms with Gasteiger partial charge in [-0.2, -0.15) is 0 Å². The van der Waals surface area contributed by atoms with Crippen LogP contribution in [0.5, 0.6) is 0 Å². The number of benzene rings is 2. The van der Waals surface area contributed by atoms with Crippen LogP contribution in [0.1, 0.15) is 50.7 Å². The fourth-order valence-electron chi connectivity index (χ4n) is 3.29. The summed E-state index contributed by atoms with van der Waals surface area (Å²) in [6.07, 6.45) is 6.52. The standard InChI is InChI=1S/C24H33FOSi/c1-5-7-9-15-24(27(3,4)25)26-23(12-6-2)22-18-16-21(17-19-22)20-13-10-8-11-14-20/h6,8,10-11,13-14,16-19,23-24H,2,5,7,9,12,15H2,1,3-4H3/t23-,24+/m1/s1. The highest BCUT2D eigenvalue weighted by atomic mass is 28.4. The van der Waals surface area contributed by atoms with Crippen molar-refractivity contribution in [3.63, 3.8) is 0 Å². The number of ether oxygens (including phenoxy) is 1. The van der Waals surface area contributed by atoms with E-state index >= 15 is 0 Å². The lowest BCUT2D eigenvalue weighted by Gasteiger charge is -2.30. The van der Waals surface area contributed by atoms with Crippen molar-refractivity contribution in [1.29, 1.82) is 0 Å². The molecule has 0 radical (unpaired) electrons. The van der Waals surface area contributed by atoms with Crippen LogP contribution in [0.25, 0.3) is 11.1 Å². The Labute approximate surface area is 165 Å². The predicted octanol–water partition coefficient (Wildman–Crippen LogP) is 7.65. The summed E-state index contributed by atoms with van der Waals surface area (Å²) in [6, 6.07) is 18.8. The highest BCUT2D eigenvalue weighted by molar-refractivity contribution is 6.71. The van der Waals surface area contributed by atoms with Gasteiger partial charge < -0.3 is 8.84 Å². The molecule has 0 aliphatic rings. The van der Waals surface area contributed by atoms with Crippen molar-refractivity contribution in [2.45, 2.75) is 64.0 Å². The summed E-state index contributed by atoms with van der Waals surface area (Å²) in [7, 11) is -2.88. The van der Waals surface area contributed by atoms with E-state index in [-0.39, 0.29) is 11.8 Å². The minimum atomic E-state index is -2.88. The lowest BCUT2D eigenvalue weighted by Crippen LogP contribution is -2.40. The lowest BCUT2D eigenvalue weighted by molar-refractivity contribution is 0.0165. The van der Waals surface area contributed by atoms with Gasteiger partial charge in [0.2, 0.25) is 0 Å². The predicted molar refractivity (Wildman–Crippen MR) is 117 cm³/mol. The van der Waals surface area contributed by atoms with Crippen LogP contribution in [0.15, 0.2) is 67.3 Å². The number of rotatable bonds is 11. The zero-order chi connectivity index (χ0) is 19.7. The zero-order valence-corrected chi connectivity index (χ0v) is 18.0. The summed E-state index contributed by atoms with van der Waals surface area (Å²) in [6.45, 7) is 9.56. The van der Waals surface area contributed by atoms with Crippen LogP contribution < -0.4 is 0 Å². The first-order chi connectivity index (χ1) is 13.0. The maximum Gasteiger partial charge on any atom is 0.269 e. The first-order valence-corrected chi connectivity index (χ1v) is 13.0. The monoisotopic (exact) mass is 384 g/mol. The van der Waals surface area contributed by atoms with Crippen LogP contribution in [-0.2, 0) is 4.74 Å². The van der Waals surface area contributed by atoms with E-state index in [2.05, 4.69) is 49.9 Å². The summed E-state index contributed by atoms with van der Waals surface area (Å²) < 4.78 is 21.2. The minimum Gasteiger partial charge on any atom is -0.370 e. The molecule has 0 unspecified atom stereocenters. The molecule has 0 saturated heterocycles. The van der Waals surface area contributed by atoms with Crippen molar-refractivity contribution < 1.29 is 8.84 Å². The quantitative estimate of drug-likeness (QED) is 0.167. The van der Waals surface area contributed by atoms with Gasteiger partial charge in [0.05, 0.1) is 11.8 Å². The molecule has 0 heterocycles. The van der Waals surface area contributed by atoms with E-state index in [4.69, 9.17) is 4.74 Å². The fraction of sp³-hybridized carbons (Fsp3) is 0.417. The number of unbranched alkanes of at least 4 members (excludes halogenated alkanes) is 2. The highest BCUT2D eigenvalue weighted by Gasteiger charge is 2.35. The fourth-order valence-corrected chi connectivity index (χ4v) is 4.67. The molecule has 0 fully saturated rings. The third-order valence-corrected chi connectivity index (χ3v) is 6.89. The molecule has 2 rings (SSSR count). The molecule has 1 nitrogen and oxygen atoms in total. The molecule has 0 spiro atoms. The molecule has 0 aliphatic heterocycles. The number of hydrogen-bond donors (Lipinski definition) is 0. The Kier molecular flexibility index (Phi) is 8.46. The number of halogens is 1. The van der Waals surface area contributed by atoms with E-state index < -0.39 is 8.41 Å². The van der Waals surface area contributed by atoms with Gasteiger partial charge in [-0.15, -0.1) is 6.58 Å². The van der Waals surface area contributed by atoms with Gasteiger partial charge in [-0.1, -0.05) is 86.9 Å². The van der Waals surface area contributed by atoms with Gasteiger partial charge in [-0.25, -0.2) is 0 Å². The Hall–Kier alpha value is -1.71. The molecule has 2 atom stereocenters. The maximum absolute atomic E-state index is 14.9.